The highest BCUT2D eigenvalue weighted by molar-refractivity contribution is 7.91. The molecule has 5 heterocycles. The zero-order valence-electron chi connectivity index (χ0n) is 20.1. The second-order valence-corrected chi connectivity index (χ2v) is 12.7. The zero-order chi connectivity index (χ0) is 26.6. The number of rotatable bonds is 4. The van der Waals surface area contributed by atoms with Crippen LogP contribution in [0.1, 0.15) is 11.1 Å². The SMILES string of the molecule is COc1ccc(Cl)c(-c2cc3c(s2)C(O)N(c2cncc4ccc(N5CCS(=O)(=O)CC5)nc24)C(=O)N3)c1. The van der Waals surface area contributed by atoms with E-state index in [1.165, 1.54) is 22.4 Å². The number of nitrogens with zero attached hydrogens (tertiary/aromatic N) is 4. The molecule has 1 fully saturated rings. The topological polar surface area (TPSA) is 125 Å². The van der Waals surface area contributed by atoms with Gasteiger partial charge in [0, 0.05) is 40.1 Å². The lowest BCUT2D eigenvalue weighted by Gasteiger charge is -2.32. The van der Waals surface area contributed by atoms with Gasteiger partial charge in [-0.2, -0.15) is 0 Å². The van der Waals surface area contributed by atoms with E-state index in [4.69, 9.17) is 21.3 Å². The van der Waals surface area contributed by atoms with Gasteiger partial charge in [0.15, 0.2) is 16.1 Å². The second kappa shape index (κ2) is 9.38. The number of aliphatic hydroxyl groups is 1. The summed E-state index contributed by atoms with van der Waals surface area (Å²) in [5.74, 6) is 1.35. The number of sulfone groups is 1. The molecule has 0 saturated carbocycles. The van der Waals surface area contributed by atoms with Crippen LogP contribution in [0.5, 0.6) is 5.75 Å². The number of urea groups is 1. The molecule has 2 aliphatic heterocycles. The molecule has 1 unspecified atom stereocenters. The number of thiophene rings is 1. The average molecular weight is 572 g/mol. The van der Waals surface area contributed by atoms with Crippen molar-refractivity contribution in [3.8, 4) is 16.2 Å². The molecule has 1 saturated heterocycles. The fourth-order valence-corrected chi connectivity index (χ4v) is 7.20. The van der Waals surface area contributed by atoms with Gasteiger partial charge in [-0.3, -0.25) is 9.88 Å². The third kappa shape index (κ3) is 4.33. The number of anilines is 3. The summed E-state index contributed by atoms with van der Waals surface area (Å²) in [6.45, 7) is 0.671. The van der Waals surface area contributed by atoms with Gasteiger partial charge in [-0.05, 0) is 36.4 Å². The van der Waals surface area contributed by atoms with Gasteiger partial charge >= 0.3 is 6.03 Å². The monoisotopic (exact) mass is 571 g/mol. The van der Waals surface area contributed by atoms with Crippen LogP contribution in [-0.2, 0) is 9.84 Å². The van der Waals surface area contributed by atoms with E-state index in [-0.39, 0.29) is 11.5 Å². The van der Waals surface area contributed by atoms with Crippen molar-refractivity contribution in [1.29, 1.82) is 0 Å². The van der Waals surface area contributed by atoms with Gasteiger partial charge in [-0.15, -0.1) is 11.3 Å². The van der Waals surface area contributed by atoms with Crippen molar-refractivity contribution in [1.82, 2.24) is 9.97 Å². The normalized spacial score (nSPS) is 18.8. The van der Waals surface area contributed by atoms with Crippen molar-refractivity contribution in [3.05, 3.63) is 58.7 Å². The molecule has 2 N–H and O–H groups in total. The van der Waals surface area contributed by atoms with Gasteiger partial charge in [-0.1, -0.05) is 11.6 Å². The van der Waals surface area contributed by atoms with E-state index in [9.17, 15) is 18.3 Å². The van der Waals surface area contributed by atoms with Gasteiger partial charge in [0.2, 0.25) is 0 Å². The summed E-state index contributed by atoms with van der Waals surface area (Å²) in [4.78, 5) is 26.7. The predicted octanol–water partition coefficient (Wildman–Crippen LogP) is 4.30. The predicted molar refractivity (Wildman–Crippen MR) is 148 cm³/mol. The molecule has 1 atom stereocenters. The first kappa shape index (κ1) is 24.9. The van der Waals surface area contributed by atoms with Crippen LogP contribution in [0, 0.1) is 0 Å². The number of ether oxygens (including phenoxy) is 1. The van der Waals surface area contributed by atoms with Crippen LogP contribution in [0.25, 0.3) is 21.3 Å². The molecular formula is C25H22ClN5O5S2. The number of carbonyl (C=O) groups excluding carboxylic acids is 1. The fraction of sp³-hybridized carbons (Fsp3) is 0.240. The van der Waals surface area contributed by atoms with E-state index in [1.807, 2.05) is 11.0 Å². The minimum absolute atomic E-state index is 0.0595. The number of fused-ring (bicyclic) bond motifs is 2. The van der Waals surface area contributed by atoms with Crippen LogP contribution < -0.4 is 19.9 Å². The highest BCUT2D eigenvalue weighted by atomic mass is 35.5. The number of pyridine rings is 2. The Bertz CT molecular complexity index is 1680. The number of carbonyl (C=O) groups is 1. The lowest BCUT2D eigenvalue weighted by Crippen LogP contribution is -2.42. The van der Waals surface area contributed by atoms with Crippen molar-refractivity contribution in [2.75, 3.05) is 46.8 Å². The first-order chi connectivity index (χ1) is 18.2. The summed E-state index contributed by atoms with van der Waals surface area (Å²) in [6.07, 6.45) is 1.82. The van der Waals surface area contributed by atoms with Crippen LogP contribution in [0.2, 0.25) is 5.02 Å². The Balaban J connectivity index is 1.38. The molecule has 196 valence electrons. The first-order valence-electron chi connectivity index (χ1n) is 11.7. The van der Waals surface area contributed by atoms with Crippen molar-refractivity contribution in [3.63, 3.8) is 0 Å². The lowest BCUT2D eigenvalue weighted by atomic mass is 10.1. The molecular weight excluding hydrogens is 550 g/mol. The number of aromatic nitrogens is 2. The number of methoxy groups -OCH3 is 1. The number of nitrogens with one attached hydrogen (secondary N) is 1. The minimum Gasteiger partial charge on any atom is -0.497 e. The van der Waals surface area contributed by atoms with Gasteiger partial charge < -0.3 is 20.1 Å². The zero-order valence-corrected chi connectivity index (χ0v) is 22.5. The number of hydrogen-bond acceptors (Lipinski definition) is 9. The Kier molecular flexibility index (Phi) is 6.14. The molecule has 1 aromatic carbocycles. The smallest absolute Gasteiger partial charge is 0.328 e. The fourth-order valence-electron chi connectivity index (χ4n) is 4.60. The summed E-state index contributed by atoms with van der Waals surface area (Å²) >= 11 is 7.75. The molecule has 0 spiro atoms. The van der Waals surface area contributed by atoms with Crippen molar-refractivity contribution in [2.24, 2.45) is 0 Å². The van der Waals surface area contributed by atoms with Crippen LogP contribution in [-0.4, -0.2) is 61.2 Å². The largest absolute Gasteiger partial charge is 0.497 e. The van der Waals surface area contributed by atoms with Crippen molar-refractivity contribution >= 4 is 66.9 Å². The quantitative estimate of drug-likeness (QED) is 0.371. The molecule has 4 aromatic rings. The van der Waals surface area contributed by atoms with E-state index >= 15 is 0 Å². The van der Waals surface area contributed by atoms with Gasteiger partial charge in [-0.25, -0.2) is 18.2 Å². The molecule has 6 rings (SSSR count). The first-order valence-corrected chi connectivity index (χ1v) is 14.7. The second-order valence-electron chi connectivity index (χ2n) is 8.95. The van der Waals surface area contributed by atoms with Crippen LogP contribution >= 0.6 is 22.9 Å². The summed E-state index contributed by atoms with van der Waals surface area (Å²) < 4.78 is 29.1. The summed E-state index contributed by atoms with van der Waals surface area (Å²) in [6, 6.07) is 10.2. The van der Waals surface area contributed by atoms with Gasteiger partial charge in [0.05, 0.1) is 46.6 Å². The molecule has 2 amide bonds. The van der Waals surface area contributed by atoms with Crippen molar-refractivity contribution in [2.45, 2.75) is 6.23 Å². The summed E-state index contributed by atoms with van der Waals surface area (Å²) in [5, 5.41) is 15.4. The Labute approximate surface area is 227 Å². The van der Waals surface area contributed by atoms with E-state index in [0.29, 0.717) is 56.8 Å². The number of benzene rings is 1. The highest BCUT2D eigenvalue weighted by Crippen LogP contribution is 2.46. The standard InChI is InChI=1S/C25H22ClN5O5S2/c1-36-15-3-4-17(26)16(10-15)20-11-18-23(37-20)24(32)31(25(33)28-18)19-13-27-12-14-2-5-21(29-22(14)19)30-6-8-38(34,35)9-7-30/h2-5,10-13,24,32H,6-9H2,1H3,(H,28,33). The van der Waals surface area contributed by atoms with Crippen molar-refractivity contribution < 1.29 is 23.1 Å². The third-order valence-electron chi connectivity index (χ3n) is 6.63. The Morgan fingerprint density at radius 3 is 2.71 bits per heavy atom. The van der Waals surface area contributed by atoms with E-state index in [1.54, 1.807) is 43.6 Å². The molecule has 3 aromatic heterocycles. The molecule has 2 aliphatic rings. The van der Waals surface area contributed by atoms with Crippen LogP contribution in [0.3, 0.4) is 0 Å². The summed E-state index contributed by atoms with van der Waals surface area (Å²) in [7, 11) is -1.48. The molecule has 0 radical (unpaired) electrons. The molecule has 38 heavy (non-hydrogen) atoms. The van der Waals surface area contributed by atoms with E-state index in [0.717, 1.165) is 10.4 Å². The molecule has 13 heteroatoms. The van der Waals surface area contributed by atoms with Gasteiger partial charge in [0.1, 0.15) is 11.6 Å². The number of amides is 2. The maximum Gasteiger partial charge on any atom is 0.328 e. The molecule has 0 aliphatic carbocycles. The van der Waals surface area contributed by atoms with Crippen LogP contribution in [0.15, 0.2) is 48.8 Å². The number of aliphatic hydroxyl groups excluding tert-OH is 1. The average Bonchev–Trinajstić information content (AvgIpc) is 3.33. The third-order valence-corrected chi connectivity index (χ3v) is 9.78. The maximum absolute atomic E-state index is 13.3. The minimum atomic E-state index is -3.05. The Morgan fingerprint density at radius 1 is 1.16 bits per heavy atom. The van der Waals surface area contributed by atoms with Gasteiger partial charge in [0.25, 0.3) is 0 Å². The van der Waals surface area contributed by atoms with Crippen LogP contribution in [0.4, 0.5) is 22.0 Å². The van der Waals surface area contributed by atoms with E-state index < -0.39 is 22.1 Å². The maximum atomic E-state index is 13.3. The molecule has 10 nitrogen and oxygen atoms in total. The van der Waals surface area contributed by atoms with E-state index in [2.05, 4.69) is 10.3 Å². The highest BCUT2D eigenvalue weighted by Gasteiger charge is 2.36. The Morgan fingerprint density at radius 2 is 1.95 bits per heavy atom. The summed E-state index contributed by atoms with van der Waals surface area (Å²) in [5.41, 5.74) is 2.02. The lowest BCUT2D eigenvalue weighted by molar-refractivity contribution is 0.174. The molecule has 0 bridgehead atoms. The number of hydrogen-bond donors (Lipinski definition) is 2. The number of halogens is 1. The Hall–Kier alpha value is -3.45.